The number of nitrogens with zero attached hydrogens (tertiary/aromatic N) is 1. The van der Waals surface area contributed by atoms with Gasteiger partial charge in [-0.15, -0.1) is 11.3 Å². The summed E-state index contributed by atoms with van der Waals surface area (Å²) >= 11 is 7.15. The number of thiazole rings is 1. The van der Waals surface area contributed by atoms with Gasteiger partial charge in [-0.25, -0.2) is 9.37 Å². The minimum atomic E-state index is -0.468. The number of aromatic nitrogens is 1. The van der Waals surface area contributed by atoms with Crippen molar-refractivity contribution in [2.45, 2.75) is 13.5 Å². The molecule has 3 aromatic rings. The average Bonchev–Trinajstić information content (AvgIpc) is 3.18. The zero-order valence-electron chi connectivity index (χ0n) is 12.6. The van der Waals surface area contributed by atoms with Crippen molar-refractivity contribution in [3.8, 4) is 11.5 Å². The van der Waals surface area contributed by atoms with Gasteiger partial charge in [0.15, 0.2) is 10.9 Å². The lowest BCUT2D eigenvalue weighted by atomic mass is 10.3. The van der Waals surface area contributed by atoms with Gasteiger partial charge in [-0.05, 0) is 30.3 Å². The summed E-state index contributed by atoms with van der Waals surface area (Å²) in [5.41, 5.74) is 1.32. The highest BCUT2D eigenvalue weighted by Crippen LogP contribution is 2.29. The summed E-state index contributed by atoms with van der Waals surface area (Å²) in [5, 5.41) is 8.26. The number of carbonyl (C=O) groups is 1. The number of carbonyl (C=O) groups excluding carboxylic acids is 1. The molecule has 0 saturated heterocycles. The van der Waals surface area contributed by atoms with E-state index in [1.54, 1.807) is 18.2 Å². The van der Waals surface area contributed by atoms with Gasteiger partial charge in [-0.3, -0.25) is 4.79 Å². The molecule has 8 heteroatoms. The summed E-state index contributed by atoms with van der Waals surface area (Å²) in [7, 11) is 0. The van der Waals surface area contributed by atoms with Crippen LogP contribution in [0.15, 0.2) is 40.1 Å². The zero-order chi connectivity index (χ0) is 17.1. The third-order valence-electron chi connectivity index (χ3n) is 3.10. The van der Waals surface area contributed by atoms with Crippen molar-refractivity contribution in [1.29, 1.82) is 0 Å². The molecule has 0 fully saturated rings. The third-order valence-corrected chi connectivity index (χ3v) is 4.15. The zero-order valence-corrected chi connectivity index (χ0v) is 14.2. The standard InChI is InChI=1S/C16H13ClFN3O2S/c1-9(22)19-7-11-3-5-15(23-11)14-8-24-16(21-14)20-10-2-4-13(18)12(17)6-10/h2-6,8H,7H2,1H3,(H,19,22)(H,20,21). The Hall–Kier alpha value is -2.38. The van der Waals surface area contributed by atoms with E-state index in [0.29, 0.717) is 34.6 Å². The van der Waals surface area contributed by atoms with Crippen molar-refractivity contribution in [2.75, 3.05) is 5.32 Å². The van der Waals surface area contributed by atoms with E-state index in [9.17, 15) is 9.18 Å². The van der Waals surface area contributed by atoms with Gasteiger partial charge in [0.25, 0.3) is 0 Å². The molecular weight excluding hydrogens is 353 g/mol. The second-order valence-electron chi connectivity index (χ2n) is 4.97. The van der Waals surface area contributed by atoms with Crippen LogP contribution < -0.4 is 10.6 Å². The van der Waals surface area contributed by atoms with Crippen LogP contribution in [-0.4, -0.2) is 10.9 Å². The highest BCUT2D eigenvalue weighted by molar-refractivity contribution is 7.14. The number of nitrogens with one attached hydrogen (secondary N) is 2. The molecule has 0 aliphatic rings. The molecule has 124 valence electrons. The molecule has 1 amide bonds. The van der Waals surface area contributed by atoms with Crippen LogP contribution in [-0.2, 0) is 11.3 Å². The van der Waals surface area contributed by atoms with E-state index in [2.05, 4.69) is 15.6 Å². The van der Waals surface area contributed by atoms with E-state index >= 15 is 0 Å². The largest absolute Gasteiger partial charge is 0.458 e. The second kappa shape index (κ2) is 7.02. The predicted octanol–water partition coefficient (Wildman–Crippen LogP) is 4.58. The van der Waals surface area contributed by atoms with Gasteiger partial charge >= 0.3 is 0 Å². The number of hydrogen-bond acceptors (Lipinski definition) is 5. The first kappa shape index (κ1) is 16.5. The molecule has 0 radical (unpaired) electrons. The maximum Gasteiger partial charge on any atom is 0.217 e. The first-order valence-electron chi connectivity index (χ1n) is 7.02. The van der Waals surface area contributed by atoms with E-state index in [4.69, 9.17) is 16.0 Å². The van der Waals surface area contributed by atoms with E-state index in [0.717, 1.165) is 0 Å². The average molecular weight is 366 g/mol. The lowest BCUT2D eigenvalue weighted by Crippen LogP contribution is -2.18. The molecular formula is C16H13ClFN3O2S. The fourth-order valence-electron chi connectivity index (χ4n) is 1.96. The third kappa shape index (κ3) is 3.93. The molecule has 0 atom stereocenters. The van der Waals surface area contributed by atoms with Gasteiger partial charge in [-0.1, -0.05) is 11.6 Å². The van der Waals surface area contributed by atoms with Crippen molar-refractivity contribution in [3.05, 3.63) is 52.3 Å². The van der Waals surface area contributed by atoms with Crippen molar-refractivity contribution >= 4 is 39.7 Å². The Balaban J connectivity index is 1.71. The molecule has 1 aromatic carbocycles. The number of amides is 1. The molecule has 0 saturated carbocycles. The van der Waals surface area contributed by atoms with Gasteiger partial charge in [-0.2, -0.15) is 0 Å². The summed E-state index contributed by atoms with van der Waals surface area (Å²) in [6.07, 6.45) is 0. The normalized spacial score (nSPS) is 10.6. The van der Waals surface area contributed by atoms with E-state index in [1.165, 1.54) is 30.4 Å². The number of anilines is 2. The Morgan fingerprint density at radius 3 is 2.96 bits per heavy atom. The van der Waals surface area contributed by atoms with Crippen LogP contribution in [0, 0.1) is 5.82 Å². The number of furan rings is 1. The molecule has 2 aromatic heterocycles. The number of halogens is 2. The lowest BCUT2D eigenvalue weighted by Gasteiger charge is -2.03. The number of benzene rings is 1. The van der Waals surface area contributed by atoms with Gasteiger partial charge in [0.1, 0.15) is 17.3 Å². The maximum atomic E-state index is 13.2. The van der Waals surface area contributed by atoms with E-state index in [1.807, 2.05) is 5.38 Å². The van der Waals surface area contributed by atoms with Crippen LogP contribution in [0.1, 0.15) is 12.7 Å². The Morgan fingerprint density at radius 2 is 2.21 bits per heavy atom. The SMILES string of the molecule is CC(=O)NCc1ccc(-c2csc(Nc3ccc(F)c(Cl)c3)n2)o1. The highest BCUT2D eigenvalue weighted by Gasteiger charge is 2.10. The van der Waals surface area contributed by atoms with Gasteiger partial charge in [0.05, 0.1) is 11.6 Å². The molecule has 5 nitrogen and oxygen atoms in total. The van der Waals surface area contributed by atoms with E-state index in [-0.39, 0.29) is 10.9 Å². The Bertz CT molecular complexity index is 878. The van der Waals surface area contributed by atoms with Crippen molar-refractivity contribution in [3.63, 3.8) is 0 Å². The molecule has 0 aliphatic carbocycles. The van der Waals surface area contributed by atoms with Gasteiger partial charge in [0.2, 0.25) is 5.91 Å². The summed E-state index contributed by atoms with van der Waals surface area (Å²) in [6, 6.07) is 7.96. The predicted molar refractivity (Wildman–Crippen MR) is 92.0 cm³/mol. The first-order valence-corrected chi connectivity index (χ1v) is 8.28. The lowest BCUT2D eigenvalue weighted by molar-refractivity contribution is -0.119. The maximum absolute atomic E-state index is 13.2. The molecule has 0 unspecified atom stereocenters. The molecule has 24 heavy (non-hydrogen) atoms. The van der Waals surface area contributed by atoms with Crippen LogP contribution in [0.3, 0.4) is 0 Å². The van der Waals surface area contributed by atoms with Crippen LogP contribution in [0.2, 0.25) is 5.02 Å². The van der Waals surface area contributed by atoms with Crippen LogP contribution >= 0.6 is 22.9 Å². The van der Waals surface area contributed by atoms with Gasteiger partial charge < -0.3 is 15.1 Å². The Labute approximate surface area is 146 Å². The summed E-state index contributed by atoms with van der Waals surface area (Å²) in [5.74, 6) is 0.667. The summed E-state index contributed by atoms with van der Waals surface area (Å²) in [6.45, 7) is 1.78. The Kier molecular flexibility index (Phi) is 4.82. The number of hydrogen-bond donors (Lipinski definition) is 2. The second-order valence-corrected chi connectivity index (χ2v) is 6.23. The smallest absolute Gasteiger partial charge is 0.217 e. The van der Waals surface area contributed by atoms with Crippen LogP contribution in [0.4, 0.5) is 15.2 Å². The molecule has 0 aliphatic heterocycles. The topological polar surface area (TPSA) is 67.2 Å². The quantitative estimate of drug-likeness (QED) is 0.694. The minimum Gasteiger partial charge on any atom is -0.458 e. The Morgan fingerprint density at radius 1 is 1.38 bits per heavy atom. The fourth-order valence-corrected chi connectivity index (χ4v) is 2.86. The van der Waals surface area contributed by atoms with Crippen LogP contribution in [0.5, 0.6) is 0 Å². The van der Waals surface area contributed by atoms with Crippen molar-refractivity contribution in [1.82, 2.24) is 10.3 Å². The van der Waals surface area contributed by atoms with Crippen LogP contribution in [0.25, 0.3) is 11.5 Å². The first-order chi connectivity index (χ1) is 11.5. The summed E-state index contributed by atoms with van der Waals surface area (Å²) in [4.78, 5) is 15.3. The fraction of sp³-hybridized carbons (Fsp3) is 0.125. The summed E-state index contributed by atoms with van der Waals surface area (Å²) < 4.78 is 18.8. The number of rotatable bonds is 5. The highest BCUT2D eigenvalue weighted by atomic mass is 35.5. The molecule has 2 heterocycles. The molecule has 2 N–H and O–H groups in total. The van der Waals surface area contributed by atoms with Crippen molar-refractivity contribution < 1.29 is 13.6 Å². The van der Waals surface area contributed by atoms with Gasteiger partial charge in [0, 0.05) is 18.0 Å². The van der Waals surface area contributed by atoms with Crippen molar-refractivity contribution in [2.24, 2.45) is 0 Å². The molecule has 0 spiro atoms. The minimum absolute atomic E-state index is 0.0467. The van der Waals surface area contributed by atoms with E-state index < -0.39 is 5.82 Å². The molecule has 3 rings (SSSR count). The monoisotopic (exact) mass is 365 g/mol. The molecule has 0 bridgehead atoms.